The molecule has 6 nitrogen and oxygen atoms in total. The summed E-state index contributed by atoms with van der Waals surface area (Å²) in [5.74, 6) is 2.63. The van der Waals surface area contributed by atoms with Gasteiger partial charge in [-0.05, 0) is 86.8 Å². The number of hydrogen-bond donors (Lipinski definition) is 3. The molecule has 5 aliphatic carbocycles. The molecule has 0 saturated heterocycles. The second-order valence-electron chi connectivity index (χ2n) is 11.5. The van der Waals surface area contributed by atoms with Crippen molar-refractivity contribution >= 4 is 17.7 Å². The highest BCUT2D eigenvalue weighted by Gasteiger charge is 2.54. The number of nitrogens with one attached hydrogen (secondary N) is 3. The van der Waals surface area contributed by atoms with Crippen molar-refractivity contribution in [3.8, 4) is 0 Å². The van der Waals surface area contributed by atoms with Crippen molar-refractivity contribution in [3.05, 3.63) is 35.4 Å². The predicted molar refractivity (Wildman–Crippen MR) is 131 cm³/mol. The highest BCUT2D eigenvalue weighted by molar-refractivity contribution is 5.94. The first kappa shape index (κ1) is 23.4. The first-order valence-corrected chi connectivity index (χ1v) is 13.4. The molecule has 0 atom stereocenters. The van der Waals surface area contributed by atoms with Gasteiger partial charge in [0, 0.05) is 36.5 Å². The zero-order valence-electron chi connectivity index (χ0n) is 20.2. The normalized spacial score (nSPS) is 30.1. The molecule has 6 rings (SSSR count). The van der Waals surface area contributed by atoms with Gasteiger partial charge in [0.1, 0.15) is 0 Å². The molecule has 5 aliphatic rings. The van der Waals surface area contributed by atoms with Crippen LogP contribution in [0.3, 0.4) is 0 Å². The summed E-state index contributed by atoms with van der Waals surface area (Å²) in [6.07, 6.45) is 12.7. The van der Waals surface area contributed by atoms with Gasteiger partial charge < -0.3 is 16.0 Å². The van der Waals surface area contributed by atoms with Crippen molar-refractivity contribution < 1.29 is 14.4 Å². The highest BCUT2D eigenvalue weighted by Crippen LogP contribution is 2.60. The third kappa shape index (κ3) is 5.16. The largest absolute Gasteiger partial charge is 0.354 e. The molecule has 0 heterocycles. The number of benzene rings is 1. The zero-order chi connectivity index (χ0) is 23.5. The smallest absolute Gasteiger partial charge is 0.251 e. The highest BCUT2D eigenvalue weighted by atomic mass is 16.2. The topological polar surface area (TPSA) is 87.3 Å². The summed E-state index contributed by atoms with van der Waals surface area (Å²) < 4.78 is 0. The number of hydrogen-bond acceptors (Lipinski definition) is 3. The lowest BCUT2D eigenvalue weighted by molar-refractivity contribution is -0.146. The molecule has 0 radical (unpaired) electrons. The molecule has 0 aromatic heterocycles. The molecule has 5 fully saturated rings. The van der Waals surface area contributed by atoms with E-state index >= 15 is 0 Å². The predicted octanol–water partition coefficient (Wildman–Crippen LogP) is 3.95. The minimum Gasteiger partial charge on any atom is -0.354 e. The lowest BCUT2D eigenvalue weighted by Gasteiger charge is -2.55. The van der Waals surface area contributed by atoms with Gasteiger partial charge in [-0.15, -0.1) is 0 Å². The Bertz CT molecular complexity index is 869. The Morgan fingerprint density at radius 1 is 0.765 bits per heavy atom. The van der Waals surface area contributed by atoms with Gasteiger partial charge in [-0.1, -0.05) is 31.4 Å². The summed E-state index contributed by atoms with van der Waals surface area (Å²) >= 11 is 0. The SMILES string of the molecule is O=C(NCCNC(=O)C1CCCCC1)c1ccc(CNC(=O)C23CC4CC(CC(C4)C2)C3)cc1. The lowest BCUT2D eigenvalue weighted by atomic mass is 9.49. The Morgan fingerprint density at radius 3 is 1.97 bits per heavy atom. The van der Waals surface area contributed by atoms with Crippen LogP contribution in [0.15, 0.2) is 24.3 Å². The van der Waals surface area contributed by atoms with E-state index in [0.717, 1.165) is 68.3 Å². The maximum absolute atomic E-state index is 13.1. The fraction of sp³-hybridized carbons (Fsp3) is 0.679. The third-order valence-electron chi connectivity index (χ3n) is 8.87. The summed E-state index contributed by atoms with van der Waals surface area (Å²) in [7, 11) is 0. The lowest BCUT2D eigenvalue weighted by Crippen LogP contribution is -2.53. The van der Waals surface area contributed by atoms with E-state index in [1.165, 1.54) is 25.7 Å². The first-order chi connectivity index (χ1) is 16.5. The Labute approximate surface area is 203 Å². The molecule has 3 N–H and O–H groups in total. The van der Waals surface area contributed by atoms with Gasteiger partial charge in [0.2, 0.25) is 11.8 Å². The quantitative estimate of drug-likeness (QED) is 0.508. The average Bonchev–Trinajstić information content (AvgIpc) is 2.85. The molecule has 5 saturated carbocycles. The van der Waals surface area contributed by atoms with Crippen LogP contribution in [0.4, 0.5) is 0 Å². The molecule has 184 valence electrons. The number of carbonyl (C=O) groups excluding carboxylic acids is 3. The molecular weight excluding hydrogens is 426 g/mol. The Morgan fingerprint density at radius 2 is 1.35 bits per heavy atom. The van der Waals surface area contributed by atoms with Gasteiger partial charge >= 0.3 is 0 Å². The summed E-state index contributed by atoms with van der Waals surface area (Å²) in [6.45, 7) is 1.38. The van der Waals surface area contributed by atoms with E-state index in [1.54, 1.807) is 0 Å². The van der Waals surface area contributed by atoms with Crippen LogP contribution in [-0.2, 0) is 16.1 Å². The van der Waals surface area contributed by atoms with E-state index in [9.17, 15) is 14.4 Å². The van der Waals surface area contributed by atoms with Gasteiger partial charge in [-0.3, -0.25) is 14.4 Å². The van der Waals surface area contributed by atoms with Crippen LogP contribution in [0.2, 0.25) is 0 Å². The summed E-state index contributed by atoms with van der Waals surface area (Å²) in [5, 5.41) is 9.03. The van der Waals surface area contributed by atoms with E-state index in [1.807, 2.05) is 24.3 Å². The number of amides is 3. The molecule has 0 spiro atoms. The van der Waals surface area contributed by atoms with Crippen molar-refractivity contribution in [2.45, 2.75) is 77.2 Å². The van der Waals surface area contributed by atoms with E-state index in [4.69, 9.17) is 0 Å². The second-order valence-corrected chi connectivity index (χ2v) is 11.5. The molecule has 3 amide bonds. The van der Waals surface area contributed by atoms with Gasteiger partial charge in [-0.25, -0.2) is 0 Å². The van der Waals surface area contributed by atoms with E-state index < -0.39 is 0 Å². The molecule has 4 bridgehead atoms. The Balaban J connectivity index is 1.04. The second kappa shape index (κ2) is 10.1. The van der Waals surface area contributed by atoms with Crippen LogP contribution in [0.5, 0.6) is 0 Å². The van der Waals surface area contributed by atoms with E-state index in [0.29, 0.717) is 25.2 Å². The van der Waals surface area contributed by atoms with Crippen LogP contribution < -0.4 is 16.0 Å². The Kier molecular flexibility index (Phi) is 6.94. The number of rotatable bonds is 8. The van der Waals surface area contributed by atoms with Crippen molar-refractivity contribution in [1.29, 1.82) is 0 Å². The van der Waals surface area contributed by atoms with Gasteiger partial charge in [0.25, 0.3) is 5.91 Å². The van der Waals surface area contributed by atoms with Crippen molar-refractivity contribution in [3.63, 3.8) is 0 Å². The molecule has 1 aromatic rings. The van der Waals surface area contributed by atoms with Crippen molar-refractivity contribution in [2.24, 2.45) is 29.1 Å². The summed E-state index contributed by atoms with van der Waals surface area (Å²) in [6, 6.07) is 7.45. The first-order valence-electron chi connectivity index (χ1n) is 13.4. The molecule has 1 aromatic carbocycles. The van der Waals surface area contributed by atoms with Gasteiger partial charge in [0.05, 0.1) is 0 Å². The van der Waals surface area contributed by atoms with E-state index in [-0.39, 0.29) is 29.1 Å². The standard InChI is InChI=1S/C28H39N3O3/c32-25(23-4-2-1-3-5-23)29-10-11-30-26(33)24-8-6-19(7-9-24)18-31-27(34)28-15-20-12-21(16-28)14-22(13-20)17-28/h6-9,20-23H,1-5,10-18H2,(H,29,32)(H,30,33)(H,31,34). The summed E-state index contributed by atoms with van der Waals surface area (Å²) in [5.41, 5.74) is 1.48. The molecule has 34 heavy (non-hydrogen) atoms. The maximum Gasteiger partial charge on any atom is 0.251 e. The van der Waals surface area contributed by atoms with Crippen LogP contribution in [0.1, 0.15) is 86.6 Å². The van der Waals surface area contributed by atoms with E-state index in [2.05, 4.69) is 16.0 Å². The minimum absolute atomic E-state index is 0.119. The van der Waals surface area contributed by atoms with Crippen LogP contribution in [-0.4, -0.2) is 30.8 Å². The fourth-order valence-corrected chi connectivity index (χ4v) is 7.51. The van der Waals surface area contributed by atoms with Crippen LogP contribution in [0, 0.1) is 29.1 Å². The third-order valence-corrected chi connectivity index (χ3v) is 8.87. The minimum atomic E-state index is -0.143. The zero-order valence-corrected chi connectivity index (χ0v) is 20.2. The molecular formula is C28H39N3O3. The fourth-order valence-electron chi connectivity index (χ4n) is 7.51. The monoisotopic (exact) mass is 465 g/mol. The average molecular weight is 466 g/mol. The molecule has 6 heteroatoms. The van der Waals surface area contributed by atoms with Crippen LogP contribution in [0.25, 0.3) is 0 Å². The van der Waals surface area contributed by atoms with Crippen molar-refractivity contribution in [2.75, 3.05) is 13.1 Å². The summed E-state index contributed by atoms with van der Waals surface area (Å²) in [4.78, 5) is 37.8. The van der Waals surface area contributed by atoms with Crippen molar-refractivity contribution in [1.82, 2.24) is 16.0 Å². The molecule has 0 unspecified atom stereocenters. The van der Waals surface area contributed by atoms with Gasteiger partial charge in [0.15, 0.2) is 0 Å². The molecule has 0 aliphatic heterocycles. The number of carbonyl (C=O) groups is 3. The Hall–Kier alpha value is -2.37. The van der Waals surface area contributed by atoms with Gasteiger partial charge in [-0.2, -0.15) is 0 Å². The van der Waals surface area contributed by atoms with Crippen LogP contribution >= 0.6 is 0 Å². The maximum atomic E-state index is 13.1.